The van der Waals surface area contributed by atoms with Gasteiger partial charge < -0.3 is 14.2 Å². The van der Waals surface area contributed by atoms with Crippen LogP contribution >= 0.6 is 0 Å². The van der Waals surface area contributed by atoms with Gasteiger partial charge >= 0.3 is 17.9 Å². The number of hydrogen-bond donors (Lipinski definition) is 0. The number of ether oxygens (including phenoxy) is 3. The van der Waals surface area contributed by atoms with Crippen molar-refractivity contribution in [3.63, 3.8) is 0 Å². The van der Waals surface area contributed by atoms with Gasteiger partial charge in [-0.15, -0.1) is 0 Å². The first kappa shape index (κ1) is 71.8. The second-order valence-electron chi connectivity index (χ2n) is 20.5. The van der Waals surface area contributed by atoms with E-state index in [1.54, 1.807) is 0 Å². The first-order valence-corrected chi connectivity index (χ1v) is 31.5. The smallest absolute Gasteiger partial charge is 0.306 e. The average Bonchev–Trinajstić information content (AvgIpc) is 3.42. The Kier molecular flexibility index (Phi) is 59.9. The van der Waals surface area contributed by atoms with Gasteiger partial charge in [-0.1, -0.05) is 258 Å². The Bertz CT molecular complexity index is 1590. The predicted molar refractivity (Wildman–Crippen MR) is 330 cm³/mol. The van der Waals surface area contributed by atoms with Crippen molar-refractivity contribution < 1.29 is 28.6 Å². The molecule has 0 fully saturated rings. The zero-order valence-electron chi connectivity index (χ0n) is 49.5. The van der Waals surface area contributed by atoms with E-state index in [-0.39, 0.29) is 31.1 Å². The summed E-state index contributed by atoms with van der Waals surface area (Å²) in [6.07, 6.45) is 87.7. The van der Waals surface area contributed by atoms with Crippen molar-refractivity contribution in [2.24, 2.45) is 0 Å². The first-order chi connectivity index (χ1) is 37.5. The zero-order chi connectivity index (χ0) is 55.0. The molecular weight excluding hydrogens is 937 g/mol. The molecule has 1 atom stereocenters. The molecule has 0 aromatic heterocycles. The van der Waals surface area contributed by atoms with Crippen molar-refractivity contribution >= 4 is 17.9 Å². The first-order valence-electron chi connectivity index (χ1n) is 31.5. The number of allylic oxidation sites excluding steroid dienone is 20. The molecule has 0 saturated heterocycles. The van der Waals surface area contributed by atoms with E-state index in [1.165, 1.54) is 122 Å². The summed E-state index contributed by atoms with van der Waals surface area (Å²) >= 11 is 0. The van der Waals surface area contributed by atoms with Crippen molar-refractivity contribution in [3.8, 4) is 0 Å². The minimum atomic E-state index is -0.804. The van der Waals surface area contributed by atoms with E-state index in [0.29, 0.717) is 19.3 Å². The molecule has 0 rings (SSSR count). The van der Waals surface area contributed by atoms with E-state index >= 15 is 0 Å². The highest BCUT2D eigenvalue weighted by Gasteiger charge is 2.19. The molecule has 6 nitrogen and oxygen atoms in total. The lowest BCUT2D eigenvalue weighted by atomic mass is 10.0. The third kappa shape index (κ3) is 60.7. The predicted octanol–water partition coefficient (Wildman–Crippen LogP) is 21.6. The molecule has 0 radical (unpaired) electrons. The highest BCUT2D eigenvalue weighted by atomic mass is 16.6. The van der Waals surface area contributed by atoms with Crippen LogP contribution in [0.2, 0.25) is 0 Å². The van der Waals surface area contributed by atoms with Crippen LogP contribution in [0.25, 0.3) is 0 Å². The summed E-state index contributed by atoms with van der Waals surface area (Å²) in [6, 6.07) is 0. The van der Waals surface area contributed by atoms with Crippen LogP contribution in [-0.4, -0.2) is 37.2 Å². The van der Waals surface area contributed by atoms with Crippen molar-refractivity contribution in [3.05, 3.63) is 122 Å². The third-order valence-electron chi connectivity index (χ3n) is 13.2. The van der Waals surface area contributed by atoms with Gasteiger partial charge in [-0.05, 0) is 128 Å². The van der Waals surface area contributed by atoms with Crippen LogP contribution in [0.4, 0.5) is 0 Å². The van der Waals surface area contributed by atoms with E-state index in [4.69, 9.17) is 14.2 Å². The normalized spacial score (nSPS) is 12.9. The topological polar surface area (TPSA) is 78.9 Å². The van der Waals surface area contributed by atoms with Gasteiger partial charge in [-0.3, -0.25) is 14.4 Å². The highest BCUT2D eigenvalue weighted by molar-refractivity contribution is 5.71. The molecule has 6 heteroatoms. The molecule has 1 unspecified atom stereocenters. The number of hydrogen-bond acceptors (Lipinski definition) is 6. The summed E-state index contributed by atoms with van der Waals surface area (Å²) in [4.78, 5) is 38.3. The Morgan fingerprint density at radius 2 is 0.513 bits per heavy atom. The van der Waals surface area contributed by atoms with Gasteiger partial charge in [0.1, 0.15) is 13.2 Å². The molecule has 0 spiro atoms. The monoisotopic (exact) mass is 1050 g/mol. The van der Waals surface area contributed by atoms with Crippen LogP contribution in [0.1, 0.15) is 284 Å². The largest absolute Gasteiger partial charge is 0.462 e. The molecule has 0 amide bonds. The van der Waals surface area contributed by atoms with E-state index in [9.17, 15) is 14.4 Å². The molecule has 0 saturated carbocycles. The molecule has 0 bridgehead atoms. The van der Waals surface area contributed by atoms with Crippen molar-refractivity contribution in [2.75, 3.05) is 13.2 Å². The Balaban J connectivity index is 4.39. The molecule has 76 heavy (non-hydrogen) atoms. The van der Waals surface area contributed by atoms with Gasteiger partial charge in [0.25, 0.3) is 0 Å². The van der Waals surface area contributed by atoms with Gasteiger partial charge in [0.2, 0.25) is 0 Å². The fraction of sp³-hybridized carbons (Fsp3) is 0.671. The average molecular weight is 1050 g/mol. The van der Waals surface area contributed by atoms with Crippen LogP contribution in [0.5, 0.6) is 0 Å². The molecule has 0 aromatic carbocycles. The Morgan fingerprint density at radius 1 is 0.276 bits per heavy atom. The maximum atomic E-state index is 12.9. The zero-order valence-corrected chi connectivity index (χ0v) is 49.5. The second-order valence-corrected chi connectivity index (χ2v) is 20.5. The minimum absolute atomic E-state index is 0.0972. The molecule has 0 aliphatic heterocycles. The number of unbranched alkanes of at least 4 members (excludes halogenated alkanes) is 25. The fourth-order valence-electron chi connectivity index (χ4n) is 8.51. The van der Waals surface area contributed by atoms with Gasteiger partial charge in [0.05, 0.1) is 0 Å². The summed E-state index contributed by atoms with van der Waals surface area (Å²) in [6.45, 7) is 6.37. The number of esters is 3. The fourth-order valence-corrected chi connectivity index (χ4v) is 8.51. The summed E-state index contributed by atoms with van der Waals surface area (Å²) in [7, 11) is 0. The van der Waals surface area contributed by atoms with Gasteiger partial charge in [0, 0.05) is 19.3 Å². The van der Waals surface area contributed by atoms with E-state index in [1.807, 2.05) is 0 Å². The number of carbonyl (C=O) groups is 3. The lowest BCUT2D eigenvalue weighted by molar-refractivity contribution is -0.167. The maximum absolute atomic E-state index is 12.9. The Hall–Kier alpha value is -4.19. The van der Waals surface area contributed by atoms with Crippen molar-refractivity contribution in [1.29, 1.82) is 0 Å². The lowest BCUT2D eigenvalue weighted by Crippen LogP contribution is -2.30. The summed E-state index contributed by atoms with van der Waals surface area (Å²) in [5, 5.41) is 0. The maximum Gasteiger partial charge on any atom is 0.306 e. The molecule has 0 aliphatic carbocycles. The van der Waals surface area contributed by atoms with Crippen molar-refractivity contribution in [1.82, 2.24) is 0 Å². The van der Waals surface area contributed by atoms with Crippen LogP contribution in [0.3, 0.4) is 0 Å². The van der Waals surface area contributed by atoms with Crippen LogP contribution < -0.4 is 0 Å². The third-order valence-corrected chi connectivity index (χ3v) is 13.2. The van der Waals surface area contributed by atoms with E-state index < -0.39 is 6.10 Å². The molecule has 0 aliphatic rings. The highest BCUT2D eigenvalue weighted by Crippen LogP contribution is 2.15. The Morgan fingerprint density at radius 3 is 0.829 bits per heavy atom. The van der Waals surface area contributed by atoms with E-state index in [2.05, 4.69) is 142 Å². The molecule has 0 N–H and O–H groups in total. The standard InChI is InChI=1S/C70H116O6/c1-4-7-10-13-16-19-22-25-28-30-32-33-34-35-36-37-38-40-42-45-48-51-54-57-60-63-69(72)75-66-67(65-74-68(71)62-59-56-53-50-47-44-41-27-24-21-18-15-12-9-6-3)76-70(73)64-61-58-55-52-49-46-43-39-31-29-26-23-20-17-14-11-8-5-2/h7,9-10,12,16,18-21,23,25,27-29,31-33,41,47,50,67H,4-6,8,11,13-15,17,22,24,26,30,34-40,42-46,48-49,51-66H2,1-3H3/b10-7-,12-9-,19-16-,21-18-,23-20-,28-25-,31-29-,33-32-,41-27-,50-47-. The SMILES string of the molecule is CC/C=C\C/C=C\C/C=C\C/C=C\CCCCCCCCCCCCCCC(=O)OCC(COC(=O)CCCC/C=C\C/C=C\C/C=C\C/C=C\CC)OC(=O)CCCCCCCCC/C=C\C/C=C\CCCCCC. The molecule has 0 heterocycles. The van der Waals surface area contributed by atoms with Gasteiger partial charge in [-0.2, -0.15) is 0 Å². The quantitative estimate of drug-likeness (QED) is 0.0261. The minimum Gasteiger partial charge on any atom is -0.462 e. The lowest BCUT2D eigenvalue weighted by Gasteiger charge is -2.18. The molecule has 432 valence electrons. The van der Waals surface area contributed by atoms with Crippen LogP contribution in [-0.2, 0) is 28.6 Å². The number of carbonyl (C=O) groups excluding carboxylic acids is 3. The summed E-state index contributed by atoms with van der Waals surface area (Å²) < 4.78 is 16.9. The number of rotatable bonds is 56. The van der Waals surface area contributed by atoms with Gasteiger partial charge in [0.15, 0.2) is 6.10 Å². The van der Waals surface area contributed by atoms with Gasteiger partial charge in [-0.25, -0.2) is 0 Å². The molecule has 0 aromatic rings. The van der Waals surface area contributed by atoms with E-state index in [0.717, 1.165) is 122 Å². The molecular formula is C70H116O6. The summed E-state index contributed by atoms with van der Waals surface area (Å²) in [5.41, 5.74) is 0. The Labute approximate surface area is 469 Å². The second kappa shape index (κ2) is 63.3. The van der Waals surface area contributed by atoms with Crippen molar-refractivity contribution in [2.45, 2.75) is 290 Å². The van der Waals surface area contributed by atoms with Crippen LogP contribution in [0.15, 0.2) is 122 Å². The van der Waals surface area contributed by atoms with Crippen LogP contribution in [0, 0.1) is 0 Å². The summed E-state index contributed by atoms with van der Waals surface area (Å²) in [5.74, 6) is -0.946.